The molecule has 4 aliphatic rings. The van der Waals surface area contributed by atoms with E-state index in [0.29, 0.717) is 35.9 Å². The Morgan fingerprint density at radius 1 is 1.03 bits per heavy atom. The van der Waals surface area contributed by atoms with Gasteiger partial charge in [0.25, 0.3) is 0 Å². The van der Waals surface area contributed by atoms with Crippen molar-refractivity contribution in [2.75, 3.05) is 12.0 Å². The zero-order valence-electron chi connectivity index (χ0n) is 21.4. The number of carbonyl (C=O) groups is 1. The summed E-state index contributed by atoms with van der Waals surface area (Å²) < 4.78 is 58.1. The van der Waals surface area contributed by atoms with Gasteiger partial charge in [-0.3, -0.25) is 0 Å². The van der Waals surface area contributed by atoms with Gasteiger partial charge in [0.05, 0.1) is 43.8 Å². The van der Waals surface area contributed by atoms with Crippen molar-refractivity contribution in [3.63, 3.8) is 0 Å². The topological polar surface area (TPSA) is 90.6 Å². The summed E-state index contributed by atoms with van der Waals surface area (Å²) in [5, 5.41) is 4.09. The molecule has 8 nitrogen and oxygen atoms in total. The molecule has 2 aliphatic carbocycles. The van der Waals surface area contributed by atoms with Crippen LogP contribution in [0.1, 0.15) is 85.5 Å². The van der Waals surface area contributed by atoms with Crippen LogP contribution in [0, 0.1) is 17.8 Å². The minimum Gasteiger partial charge on any atom is -0.464 e. The number of piperidine rings is 1. The van der Waals surface area contributed by atoms with Crippen LogP contribution in [0.5, 0.6) is 0 Å². The summed E-state index contributed by atoms with van der Waals surface area (Å²) >= 11 is 0. The molecular formula is C27H33F3N4O4. The molecule has 11 heteroatoms. The van der Waals surface area contributed by atoms with Crippen LogP contribution in [0.4, 0.5) is 19.0 Å². The third-order valence-corrected chi connectivity index (χ3v) is 9.09. The summed E-state index contributed by atoms with van der Waals surface area (Å²) in [6, 6.07) is 0.456. The zero-order valence-corrected chi connectivity index (χ0v) is 21.4. The molecule has 0 amide bonds. The molecule has 2 aromatic heterocycles. The average Bonchev–Trinajstić information content (AvgIpc) is 3.60. The molecule has 206 valence electrons. The zero-order chi connectivity index (χ0) is 26.4. The van der Waals surface area contributed by atoms with Crippen molar-refractivity contribution in [1.82, 2.24) is 15.1 Å². The van der Waals surface area contributed by atoms with E-state index in [0.717, 1.165) is 44.3 Å². The van der Waals surface area contributed by atoms with Crippen molar-refractivity contribution >= 4 is 11.8 Å². The van der Waals surface area contributed by atoms with E-state index in [-0.39, 0.29) is 36.9 Å². The van der Waals surface area contributed by atoms with Gasteiger partial charge in [-0.1, -0.05) is 5.16 Å². The van der Waals surface area contributed by atoms with Gasteiger partial charge in [0.1, 0.15) is 12.1 Å². The van der Waals surface area contributed by atoms with Crippen molar-refractivity contribution in [2.45, 2.75) is 94.7 Å². The highest BCUT2D eigenvalue weighted by atomic mass is 19.4. The minimum absolute atomic E-state index is 0.0159. The number of esters is 1. The van der Waals surface area contributed by atoms with E-state index >= 15 is 0 Å². The maximum atomic E-state index is 14.0. The molecule has 0 aromatic carbocycles. The summed E-state index contributed by atoms with van der Waals surface area (Å²) in [6.45, 7) is 0.200. The largest absolute Gasteiger partial charge is 0.464 e. The lowest BCUT2D eigenvalue weighted by atomic mass is 9.70. The average molecular weight is 535 g/mol. The molecule has 2 saturated heterocycles. The van der Waals surface area contributed by atoms with Crippen molar-refractivity contribution in [3.05, 3.63) is 35.6 Å². The smallest absolute Gasteiger partial charge is 0.392 e. The highest BCUT2D eigenvalue weighted by molar-refractivity contribution is 5.86. The Morgan fingerprint density at radius 3 is 2.39 bits per heavy atom. The molecule has 2 saturated carbocycles. The van der Waals surface area contributed by atoms with Gasteiger partial charge in [-0.05, 0) is 69.6 Å². The molecule has 2 bridgehead atoms. The van der Waals surface area contributed by atoms with E-state index in [1.807, 2.05) is 0 Å². The first kappa shape index (κ1) is 25.6. The molecule has 5 atom stereocenters. The first-order valence-corrected chi connectivity index (χ1v) is 13.6. The van der Waals surface area contributed by atoms with E-state index < -0.39 is 24.0 Å². The highest BCUT2D eigenvalue weighted by Gasteiger charge is 2.51. The van der Waals surface area contributed by atoms with Crippen molar-refractivity contribution in [3.8, 4) is 0 Å². The number of aromatic nitrogens is 3. The van der Waals surface area contributed by atoms with Gasteiger partial charge in [-0.25, -0.2) is 14.8 Å². The summed E-state index contributed by atoms with van der Waals surface area (Å²) in [7, 11) is 1.31. The van der Waals surface area contributed by atoms with Crippen LogP contribution in [0.15, 0.2) is 23.2 Å². The fourth-order valence-corrected chi connectivity index (χ4v) is 7.08. The van der Waals surface area contributed by atoms with E-state index in [1.165, 1.54) is 19.6 Å². The van der Waals surface area contributed by atoms with Gasteiger partial charge in [0.2, 0.25) is 0 Å². The van der Waals surface area contributed by atoms with Crippen LogP contribution in [0.3, 0.4) is 0 Å². The van der Waals surface area contributed by atoms with Gasteiger partial charge in [-0.2, -0.15) is 13.2 Å². The predicted octanol–water partition coefficient (Wildman–Crippen LogP) is 5.44. The Morgan fingerprint density at radius 2 is 1.76 bits per heavy atom. The number of ether oxygens (including phenoxy) is 2. The molecular weight excluding hydrogens is 501 g/mol. The van der Waals surface area contributed by atoms with Crippen LogP contribution >= 0.6 is 0 Å². The maximum Gasteiger partial charge on any atom is 0.392 e. The molecule has 0 radical (unpaired) electrons. The standard InChI is InChI=1S/C27H33F3N4O4/c1-36-26(35)23-11-32-24(12-31-23)34-18-5-6-19(34)10-20(9-18)37-13-17-14-38-33-25(17)21-8-16(15-2-3-15)4-7-22(21)27(28,29)30/h11-12,14-16,18-22H,2-10,13H2,1H3/t16?,18?,19?,20?,21-,22-/m0/s1. The molecule has 0 spiro atoms. The second kappa shape index (κ2) is 10.1. The first-order chi connectivity index (χ1) is 18.3. The summed E-state index contributed by atoms with van der Waals surface area (Å²) in [6.07, 6.45) is 7.41. The molecule has 2 aliphatic heterocycles. The monoisotopic (exact) mass is 534 g/mol. The molecule has 0 N–H and O–H groups in total. The Balaban J connectivity index is 1.11. The van der Waals surface area contributed by atoms with E-state index in [2.05, 4.69) is 20.0 Å². The number of fused-ring (bicyclic) bond motifs is 2. The Labute approximate surface area is 219 Å². The SMILES string of the molecule is COC(=O)c1cnc(N2C3CCC2CC(OCc2conc2[C@H]2CC(C4CC4)CC[C@@H]2C(F)(F)F)C3)cn1. The van der Waals surface area contributed by atoms with Crippen molar-refractivity contribution in [2.24, 2.45) is 17.8 Å². The molecule has 2 aromatic rings. The van der Waals surface area contributed by atoms with E-state index in [9.17, 15) is 18.0 Å². The van der Waals surface area contributed by atoms with E-state index in [1.54, 1.807) is 6.20 Å². The number of hydrogen-bond acceptors (Lipinski definition) is 8. The summed E-state index contributed by atoms with van der Waals surface area (Å²) in [5.74, 6) is -0.937. The van der Waals surface area contributed by atoms with Crippen molar-refractivity contribution in [1.29, 1.82) is 0 Å². The number of carbonyl (C=O) groups excluding carboxylic acids is 1. The lowest BCUT2D eigenvalue weighted by Gasteiger charge is -2.39. The number of alkyl halides is 3. The third-order valence-electron chi connectivity index (χ3n) is 9.09. The Kier molecular flexibility index (Phi) is 6.82. The second-order valence-corrected chi connectivity index (χ2v) is 11.3. The fraction of sp³-hybridized carbons (Fsp3) is 0.704. The van der Waals surface area contributed by atoms with Gasteiger partial charge >= 0.3 is 12.1 Å². The Bertz CT molecular complexity index is 1120. The number of halogens is 3. The van der Waals surface area contributed by atoms with Crippen LogP contribution in [-0.4, -0.2) is 52.6 Å². The lowest BCUT2D eigenvalue weighted by Crippen LogP contribution is -2.46. The van der Waals surface area contributed by atoms with Gasteiger partial charge < -0.3 is 18.9 Å². The number of rotatable bonds is 7. The Hall–Kier alpha value is -2.69. The summed E-state index contributed by atoms with van der Waals surface area (Å²) in [4.78, 5) is 22.6. The van der Waals surface area contributed by atoms with E-state index in [4.69, 9.17) is 14.0 Å². The number of methoxy groups -OCH3 is 1. The molecule has 4 fully saturated rings. The second-order valence-electron chi connectivity index (χ2n) is 11.3. The molecule has 6 rings (SSSR count). The minimum atomic E-state index is -4.25. The normalized spacial score (nSPS) is 31.4. The van der Waals surface area contributed by atoms with Crippen LogP contribution in [0.25, 0.3) is 0 Å². The third kappa shape index (κ3) is 5.01. The van der Waals surface area contributed by atoms with Gasteiger partial charge in [0, 0.05) is 23.6 Å². The van der Waals surface area contributed by atoms with Gasteiger partial charge in [0.15, 0.2) is 5.69 Å². The molecule has 3 unspecified atom stereocenters. The predicted molar refractivity (Wildman–Crippen MR) is 129 cm³/mol. The molecule has 4 heterocycles. The van der Waals surface area contributed by atoms with Crippen LogP contribution < -0.4 is 4.90 Å². The van der Waals surface area contributed by atoms with Crippen LogP contribution in [-0.2, 0) is 16.1 Å². The van der Waals surface area contributed by atoms with Crippen molar-refractivity contribution < 1.29 is 32.0 Å². The summed E-state index contributed by atoms with van der Waals surface area (Å²) in [5.41, 5.74) is 1.24. The van der Waals surface area contributed by atoms with Gasteiger partial charge in [-0.15, -0.1) is 0 Å². The maximum absolute atomic E-state index is 14.0. The number of hydrogen-bond donors (Lipinski definition) is 0. The highest BCUT2D eigenvalue weighted by Crippen LogP contribution is 2.54. The lowest BCUT2D eigenvalue weighted by molar-refractivity contribution is -0.190. The quantitative estimate of drug-likeness (QED) is 0.434. The number of anilines is 1. The van der Waals surface area contributed by atoms with Crippen LogP contribution in [0.2, 0.25) is 0 Å². The fourth-order valence-electron chi connectivity index (χ4n) is 7.08. The molecule has 38 heavy (non-hydrogen) atoms. The first-order valence-electron chi connectivity index (χ1n) is 13.6. The number of nitrogens with zero attached hydrogens (tertiary/aromatic N) is 4.